The smallest absolute Gasteiger partial charge is 0.331 e. The van der Waals surface area contributed by atoms with Gasteiger partial charge in [0.1, 0.15) is 5.56 Å². The lowest BCUT2D eigenvalue weighted by atomic mass is 10.1. The molecule has 0 unspecified atom stereocenters. The molecule has 1 amide bonds. The molecule has 1 heterocycles. The van der Waals surface area contributed by atoms with Crippen LogP contribution in [0.3, 0.4) is 0 Å². The molecule has 0 aliphatic heterocycles. The number of rotatable bonds is 8. The molecular weight excluding hydrogens is 336 g/mol. The van der Waals surface area contributed by atoms with Gasteiger partial charge in [-0.1, -0.05) is 43.7 Å². The second kappa shape index (κ2) is 9.36. The number of hydrogen-bond donors (Lipinski definition) is 3. The number of hydrogen-bond acceptors (Lipinski definition) is 5. The maximum absolute atomic E-state index is 12.0. The molecule has 0 spiro atoms. The van der Waals surface area contributed by atoms with Crippen LogP contribution in [0.5, 0.6) is 5.88 Å². The van der Waals surface area contributed by atoms with Crippen molar-refractivity contribution in [2.24, 2.45) is 5.10 Å². The fraction of sp³-hybridized carbons (Fsp3) is 0.333. The Labute approximate surface area is 150 Å². The van der Waals surface area contributed by atoms with E-state index in [1.165, 1.54) is 0 Å². The molecule has 2 rings (SSSR count). The molecule has 2 aromatic rings. The lowest BCUT2D eigenvalue weighted by molar-refractivity contribution is -0.121. The number of nitrogens with one attached hydrogen (secondary N) is 2. The van der Waals surface area contributed by atoms with Crippen LogP contribution in [0, 0.1) is 0 Å². The highest BCUT2D eigenvalue weighted by Crippen LogP contribution is 2.09. The predicted molar refractivity (Wildman–Crippen MR) is 98.4 cm³/mol. The summed E-state index contributed by atoms with van der Waals surface area (Å²) >= 11 is 0. The molecule has 0 fully saturated rings. The predicted octanol–water partition coefficient (Wildman–Crippen LogP) is 1.13. The first-order chi connectivity index (χ1) is 12.5. The van der Waals surface area contributed by atoms with Crippen LogP contribution in [0.1, 0.15) is 37.3 Å². The minimum Gasteiger partial charge on any atom is -0.494 e. The number of aromatic nitrogens is 2. The average Bonchev–Trinajstić information content (AvgIpc) is 2.63. The van der Waals surface area contributed by atoms with E-state index in [2.05, 4.69) is 15.5 Å². The zero-order valence-corrected chi connectivity index (χ0v) is 14.6. The summed E-state index contributed by atoms with van der Waals surface area (Å²) in [4.78, 5) is 37.5. The molecule has 0 atom stereocenters. The van der Waals surface area contributed by atoms with Crippen LogP contribution in [0.25, 0.3) is 0 Å². The van der Waals surface area contributed by atoms with Crippen molar-refractivity contribution in [1.29, 1.82) is 0 Å². The Bertz CT molecular complexity index is 884. The van der Waals surface area contributed by atoms with Gasteiger partial charge in [0, 0.05) is 13.0 Å². The number of carbonyl (C=O) groups excluding carboxylic acids is 1. The molecule has 0 aliphatic carbocycles. The van der Waals surface area contributed by atoms with Gasteiger partial charge in [-0.05, 0) is 18.4 Å². The van der Waals surface area contributed by atoms with Crippen LogP contribution in [0.15, 0.2) is 45.0 Å². The van der Waals surface area contributed by atoms with Crippen molar-refractivity contribution in [3.05, 3.63) is 62.3 Å². The first kappa shape index (κ1) is 19.2. The van der Waals surface area contributed by atoms with Gasteiger partial charge in [-0.25, -0.2) is 10.2 Å². The van der Waals surface area contributed by atoms with E-state index in [1.54, 1.807) is 0 Å². The highest BCUT2D eigenvalue weighted by molar-refractivity contribution is 5.83. The van der Waals surface area contributed by atoms with Crippen molar-refractivity contribution >= 4 is 12.1 Å². The van der Waals surface area contributed by atoms with Crippen molar-refractivity contribution in [3.8, 4) is 5.88 Å². The van der Waals surface area contributed by atoms with Gasteiger partial charge >= 0.3 is 5.69 Å². The Morgan fingerprint density at radius 3 is 2.73 bits per heavy atom. The normalized spacial score (nSPS) is 11.0. The van der Waals surface area contributed by atoms with Crippen molar-refractivity contribution < 1.29 is 9.90 Å². The van der Waals surface area contributed by atoms with Crippen LogP contribution >= 0.6 is 0 Å². The minimum atomic E-state index is -0.769. The molecule has 26 heavy (non-hydrogen) atoms. The fourth-order valence-electron chi connectivity index (χ4n) is 2.35. The van der Waals surface area contributed by atoms with Gasteiger partial charge in [-0.15, -0.1) is 0 Å². The summed E-state index contributed by atoms with van der Waals surface area (Å²) < 4.78 is 1.06. The lowest BCUT2D eigenvalue weighted by Gasteiger charge is -2.09. The number of nitrogens with zero attached hydrogens (tertiary/aromatic N) is 2. The van der Waals surface area contributed by atoms with E-state index in [-0.39, 0.29) is 18.0 Å². The minimum absolute atomic E-state index is 0.187. The summed E-state index contributed by atoms with van der Waals surface area (Å²) in [6.07, 6.45) is 3.48. The van der Waals surface area contributed by atoms with E-state index < -0.39 is 17.1 Å². The summed E-state index contributed by atoms with van der Waals surface area (Å²) in [5.41, 5.74) is 1.62. The number of carbonyl (C=O) groups is 1. The van der Waals surface area contributed by atoms with Crippen LogP contribution in [0.2, 0.25) is 0 Å². The first-order valence-corrected chi connectivity index (χ1v) is 8.44. The molecule has 3 N–H and O–H groups in total. The van der Waals surface area contributed by atoms with E-state index in [0.717, 1.165) is 29.2 Å². The standard InChI is InChI=1S/C18H22N4O4/c1-2-3-9-15(23)21-19-12-14-16(24)20-18(26)22(17(14)25)11-10-13-7-5-4-6-8-13/h4-8,12,25H,2-3,9-11H2,1H3,(H,21,23)(H,20,24,26). The molecule has 0 saturated carbocycles. The topological polar surface area (TPSA) is 117 Å². The van der Waals surface area contributed by atoms with Gasteiger partial charge in [-0.2, -0.15) is 5.10 Å². The number of aromatic amines is 1. The first-order valence-electron chi connectivity index (χ1n) is 8.44. The third-order valence-electron chi connectivity index (χ3n) is 3.81. The lowest BCUT2D eigenvalue weighted by Crippen LogP contribution is -2.33. The number of aryl methyl sites for hydroxylation is 1. The molecule has 8 heteroatoms. The van der Waals surface area contributed by atoms with Crippen molar-refractivity contribution in [3.63, 3.8) is 0 Å². The number of hydrazone groups is 1. The monoisotopic (exact) mass is 358 g/mol. The van der Waals surface area contributed by atoms with Gasteiger partial charge in [0.15, 0.2) is 0 Å². The van der Waals surface area contributed by atoms with Gasteiger partial charge in [0.25, 0.3) is 5.56 Å². The molecule has 0 saturated heterocycles. The Morgan fingerprint density at radius 1 is 1.31 bits per heavy atom. The summed E-state index contributed by atoms with van der Waals surface area (Å²) in [6.45, 7) is 2.15. The highest BCUT2D eigenvalue weighted by atomic mass is 16.3. The number of aromatic hydroxyl groups is 1. The van der Waals surface area contributed by atoms with E-state index in [0.29, 0.717) is 12.8 Å². The Morgan fingerprint density at radius 2 is 2.04 bits per heavy atom. The zero-order valence-electron chi connectivity index (χ0n) is 14.6. The molecule has 0 aliphatic rings. The molecule has 1 aromatic heterocycles. The number of amides is 1. The molecule has 138 valence electrons. The molecule has 0 bridgehead atoms. The Kier molecular flexibility index (Phi) is 6.90. The summed E-state index contributed by atoms with van der Waals surface area (Å²) in [7, 11) is 0. The summed E-state index contributed by atoms with van der Waals surface area (Å²) in [6, 6.07) is 9.45. The second-order valence-corrected chi connectivity index (χ2v) is 5.78. The maximum Gasteiger partial charge on any atom is 0.331 e. The van der Waals surface area contributed by atoms with E-state index in [1.807, 2.05) is 37.3 Å². The van der Waals surface area contributed by atoms with E-state index in [9.17, 15) is 19.5 Å². The van der Waals surface area contributed by atoms with Gasteiger partial charge in [0.2, 0.25) is 11.8 Å². The number of benzene rings is 1. The van der Waals surface area contributed by atoms with E-state index >= 15 is 0 Å². The Balaban J connectivity index is 2.16. The van der Waals surface area contributed by atoms with Crippen molar-refractivity contribution in [2.45, 2.75) is 39.2 Å². The van der Waals surface area contributed by atoms with Crippen molar-refractivity contribution in [1.82, 2.24) is 15.0 Å². The van der Waals surface area contributed by atoms with Gasteiger partial charge in [0.05, 0.1) is 6.21 Å². The molecule has 8 nitrogen and oxygen atoms in total. The second-order valence-electron chi connectivity index (χ2n) is 5.78. The van der Waals surface area contributed by atoms with Gasteiger partial charge < -0.3 is 5.11 Å². The number of unbranched alkanes of at least 4 members (excludes halogenated alkanes) is 1. The largest absolute Gasteiger partial charge is 0.494 e. The van der Waals surface area contributed by atoms with Gasteiger partial charge in [-0.3, -0.25) is 19.1 Å². The number of H-pyrrole nitrogens is 1. The molecule has 1 aromatic carbocycles. The SMILES string of the molecule is CCCCC(=O)NN=Cc1c(O)n(CCc2ccccc2)c(=O)[nH]c1=O. The van der Waals surface area contributed by atoms with Crippen LogP contribution in [-0.4, -0.2) is 26.8 Å². The highest BCUT2D eigenvalue weighted by Gasteiger charge is 2.12. The van der Waals surface area contributed by atoms with Crippen LogP contribution in [-0.2, 0) is 17.8 Å². The summed E-state index contributed by atoms with van der Waals surface area (Å²) in [5, 5.41) is 14.0. The molecule has 0 radical (unpaired) electrons. The van der Waals surface area contributed by atoms with Crippen molar-refractivity contribution in [2.75, 3.05) is 0 Å². The zero-order chi connectivity index (χ0) is 18.9. The summed E-state index contributed by atoms with van der Waals surface area (Å²) in [5.74, 6) is -0.766. The third kappa shape index (κ3) is 5.17. The maximum atomic E-state index is 12.0. The Hall–Kier alpha value is -3.16. The van der Waals surface area contributed by atoms with E-state index in [4.69, 9.17) is 0 Å². The third-order valence-corrected chi connectivity index (χ3v) is 3.81. The molecular formula is C18H22N4O4. The van der Waals surface area contributed by atoms with Crippen LogP contribution < -0.4 is 16.7 Å². The van der Waals surface area contributed by atoms with Crippen LogP contribution in [0.4, 0.5) is 0 Å². The average molecular weight is 358 g/mol. The fourth-order valence-corrected chi connectivity index (χ4v) is 2.35. The quantitative estimate of drug-likeness (QED) is 0.484.